The molecule has 2 N–H and O–H groups in total. The summed E-state index contributed by atoms with van der Waals surface area (Å²) in [4.78, 5) is 5.41. The Morgan fingerprint density at radius 1 is 1.03 bits per heavy atom. The van der Waals surface area contributed by atoms with Crippen LogP contribution in [0.25, 0.3) is 21.7 Å². The SMILES string of the molecule is COc1ccc(-c2nc(C(C)(O)CCC(O)C(F)(F)F)sc2-c2ccc(C)cc2)cc1. The summed E-state index contributed by atoms with van der Waals surface area (Å²) < 4.78 is 43.2. The van der Waals surface area contributed by atoms with E-state index < -0.39 is 24.3 Å². The number of halogens is 3. The molecule has 0 aliphatic rings. The zero-order chi connectivity index (χ0) is 22.8. The fraction of sp³-hybridized carbons (Fsp3) is 0.348. The fourth-order valence-corrected chi connectivity index (χ4v) is 4.25. The normalized spacial score (nSPS) is 14.8. The van der Waals surface area contributed by atoms with Crippen molar-refractivity contribution in [1.82, 2.24) is 4.98 Å². The number of nitrogens with zero attached hydrogens (tertiary/aromatic N) is 1. The van der Waals surface area contributed by atoms with Gasteiger partial charge < -0.3 is 14.9 Å². The molecule has 0 saturated heterocycles. The van der Waals surface area contributed by atoms with E-state index in [9.17, 15) is 23.4 Å². The Morgan fingerprint density at radius 2 is 1.61 bits per heavy atom. The number of benzene rings is 2. The van der Waals surface area contributed by atoms with Crippen LogP contribution in [0.4, 0.5) is 13.2 Å². The Bertz CT molecular complexity index is 1010. The number of aromatic nitrogens is 1. The molecule has 0 spiro atoms. The minimum atomic E-state index is -4.72. The van der Waals surface area contributed by atoms with Crippen molar-refractivity contribution < 1.29 is 28.1 Å². The maximum absolute atomic E-state index is 12.7. The van der Waals surface area contributed by atoms with Crippen LogP contribution in [0, 0.1) is 6.92 Å². The lowest BCUT2D eigenvalue weighted by Crippen LogP contribution is -2.31. The number of rotatable bonds is 7. The second kappa shape index (κ2) is 8.98. The molecule has 1 heterocycles. The minimum absolute atomic E-state index is 0.281. The van der Waals surface area contributed by atoms with Crippen molar-refractivity contribution in [2.75, 3.05) is 7.11 Å². The van der Waals surface area contributed by atoms with Gasteiger partial charge in [-0.05, 0) is 56.5 Å². The molecule has 0 aliphatic heterocycles. The first-order valence-electron chi connectivity index (χ1n) is 9.71. The van der Waals surface area contributed by atoms with E-state index in [1.165, 1.54) is 18.3 Å². The average Bonchev–Trinajstić information content (AvgIpc) is 3.18. The summed E-state index contributed by atoms with van der Waals surface area (Å²) in [5, 5.41) is 20.5. The monoisotopic (exact) mass is 451 g/mol. The van der Waals surface area contributed by atoms with Gasteiger partial charge in [0.1, 0.15) is 22.5 Å². The fourth-order valence-electron chi connectivity index (χ4n) is 3.08. The van der Waals surface area contributed by atoms with Crippen molar-refractivity contribution in [3.8, 4) is 27.4 Å². The third kappa shape index (κ3) is 5.44. The van der Waals surface area contributed by atoms with Crippen LogP contribution in [-0.4, -0.2) is 34.6 Å². The Kier molecular flexibility index (Phi) is 6.73. The first kappa shape index (κ1) is 23.2. The van der Waals surface area contributed by atoms with Crippen LogP contribution in [0.3, 0.4) is 0 Å². The lowest BCUT2D eigenvalue weighted by molar-refractivity contribution is -0.208. The van der Waals surface area contributed by atoms with Gasteiger partial charge >= 0.3 is 6.18 Å². The standard InChI is InChI=1S/C23H24F3NO3S/c1-14-4-6-16(7-5-14)20-19(15-8-10-17(30-3)11-9-15)27-21(31-20)22(2,29)13-12-18(28)23(24,25)26/h4-11,18,28-29H,12-13H2,1-3H3. The third-order valence-corrected chi connectivity index (χ3v) is 6.41. The second-order valence-electron chi connectivity index (χ2n) is 7.66. The summed E-state index contributed by atoms with van der Waals surface area (Å²) in [6.45, 7) is 3.40. The molecule has 0 amide bonds. The largest absolute Gasteiger partial charge is 0.497 e. The number of aryl methyl sites for hydroxylation is 1. The third-order valence-electron chi connectivity index (χ3n) is 5.05. The van der Waals surface area contributed by atoms with Gasteiger partial charge in [-0.3, -0.25) is 0 Å². The Balaban J connectivity index is 2.00. The van der Waals surface area contributed by atoms with Crippen LogP contribution in [0.1, 0.15) is 30.3 Å². The number of alkyl halides is 3. The van der Waals surface area contributed by atoms with Crippen molar-refractivity contribution in [3.05, 3.63) is 59.1 Å². The van der Waals surface area contributed by atoms with Gasteiger partial charge in [-0.25, -0.2) is 4.98 Å². The Hall–Kier alpha value is -2.42. The predicted molar refractivity (Wildman–Crippen MR) is 115 cm³/mol. The summed E-state index contributed by atoms with van der Waals surface area (Å²) >= 11 is 1.23. The molecule has 0 saturated carbocycles. The zero-order valence-electron chi connectivity index (χ0n) is 17.4. The molecule has 2 atom stereocenters. The first-order valence-corrected chi connectivity index (χ1v) is 10.5. The predicted octanol–water partition coefficient (Wildman–Crippen LogP) is 5.71. The topological polar surface area (TPSA) is 62.6 Å². The summed E-state index contributed by atoms with van der Waals surface area (Å²) in [5.74, 6) is 0.684. The Labute approximate surface area is 183 Å². The second-order valence-corrected chi connectivity index (χ2v) is 8.66. The highest BCUT2D eigenvalue weighted by molar-refractivity contribution is 7.15. The van der Waals surface area contributed by atoms with Gasteiger partial charge in [-0.2, -0.15) is 13.2 Å². The van der Waals surface area contributed by atoms with Crippen molar-refractivity contribution in [1.29, 1.82) is 0 Å². The molecule has 0 radical (unpaired) electrons. The highest BCUT2D eigenvalue weighted by Crippen LogP contribution is 2.42. The summed E-state index contributed by atoms with van der Waals surface area (Å²) in [6, 6.07) is 15.1. The molecule has 3 rings (SSSR count). The number of hydrogen-bond donors (Lipinski definition) is 2. The van der Waals surface area contributed by atoms with Gasteiger partial charge in [-0.1, -0.05) is 29.8 Å². The van der Waals surface area contributed by atoms with E-state index in [0.29, 0.717) is 16.5 Å². The molecule has 0 fully saturated rings. The number of ether oxygens (including phenoxy) is 1. The molecule has 166 valence electrons. The van der Waals surface area contributed by atoms with E-state index >= 15 is 0 Å². The lowest BCUT2D eigenvalue weighted by Gasteiger charge is -2.23. The molecular weight excluding hydrogens is 427 g/mol. The minimum Gasteiger partial charge on any atom is -0.497 e. The molecule has 8 heteroatoms. The average molecular weight is 452 g/mol. The maximum Gasteiger partial charge on any atom is 0.414 e. The van der Waals surface area contributed by atoms with Crippen LogP contribution in [0.2, 0.25) is 0 Å². The summed E-state index contributed by atoms with van der Waals surface area (Å²) in [6.07, 6.45) is -8.11. The van der Waals surface area contributed by atoms with E-state index in [2.05, 4.69) is 4.98 Å². The summed E-state index contributed by atoms with van der Waals surface area (Å²) in [5.41, 5.74) is 1.79. The van der Waals surface area contributed by atoms with Gasteiger partial charge in [0.05, 0.1) is 17.7 Å². The van der Waals surface area contributed by atoms with Gasteiger partial charge in [0, 0.05) is 5.56 Å². The number of aliphatic hydroxyl groups is 2. The van der Waals surface area contributed by atoms with Crippen LogP contribution in [0.5, 0.6) is 5.75 Å². The highest BCUT2D eigenvalue weighted by Gasteiger charge is 2.40. The quantitative estimate of drug-likeness (QED) is 0.483. The molecule has 2 unspecified atom stereocenters. The van der Waals surface area contributed by atoms with E-state index in [1.807, 2.05) is 43.3 Å². The highest BCUT2D eigenvalue weighted by atomic mass is 32.1. The maximum atomic E-state index is 12.7. The molecule has 0 aliphatic carbocycles. The smallest absolute Gasteiger partial charge is 0.414 e. The molecule has 31 heavy (non-hydrogen) atoms. The molecule has 0 bridgehead atoms. The first-order chi connectivity index (χ1) is 14.5. The number of methoxy groups -OCH3 is 1. The van der Waals surface area contributed by atoms with Crippen molar-refractivity contribution in [2.24, 2.45) is 0 Å². The van der Waals surface area contributed by atoms with Gasteiger partial charge in [0.25, 0.3) is 0 Å². The number of aliphatic hydroxyl groups excluding tert-OH is 1. The van der Waals surface area contributed by atoms with Crippen molar-refractivity contribution in [2.45, 2.75) is 44.6 Å². The van der Waals surface area contributed by atoms with Crippen molar-refractivity contribution in [3.63, 3.8) is 0 Å². The summed E-state index contributed by atoms with van der Waals surface area (Å²) in [7, 11) is 1.57. The van der Waals surface area contributed by atoms with Gasteiger partial charge in [-0.15, -0.1) is 11.3 Å². The lowest BCUT2D eigenvalue weighted by atomic mass is 9.98. The Morgan fingerprint density at radius 3 is 2.16 bits per heavy atom. The van der Waals surface area contributed by atoms with E-state index in [0.717, 1.165) is 21.6 Å². The van der Waals surface area contributed by atoms with Crippen LogP contribution >= 0.6 is 11.3 Å². The number of hydrogen-bond acceptors (Lipinski definition) is 5. The molecule has 4 nitrogen and oxygen atoms in total. The van der Waals surface area contributed by atoms with Crippen LogP contribution < -0.4 is 4.74 Å². The van der Waals surface area contributed by atoms with Crippen LogP contribution in [0.15, 0.2) is 48.5 Å². The zero-order valence-corrected chi connectivity index (χ0v) is 18.2. The molecule has 3 aromatic rings. The molecule has 1 aromatic heterocycles. The molecule has 2 aromatic carbocycles. The van der Waals surface area contributed by atoms with Gasteiger partial charge in [0.2, 0.25) is 0 Å². The van der Waals surface area contributed by atoms with E-state index in [-0.39, 0.29) is 6.42 Å². The van der Waals surface area contributed by atoms with E-state index in [1.54, 1.807) is 19.2 Å². The van der Waals surface area contributed by atoms with Gasteiger partial charge in [0.15, 0.2) is 0 Å². The van der Waals surface area contributed by atoms with Crippen molar-refractivity contribution >= 4 is 11.3 Å². The molecular formula is C23H24F3NO3S. The van der Waals surface area contributed by atoms with Crippen LogP contribution in [-0.2, 0) is 5.60 Å². The van der Waals surface area contributed by atoms with E-state index in [4.69, 9.17) is 4.74 Å². The number of thiazole rings is 1.